The van der Waals surface area contributed by atoms with Crippen LogP contribution in [0.25, 0.3) is 0 Å². The van der Waals surface area contributed by atoms with Crippen molar-refractivity contribution in [1.29, 1.82) is 0 Å². The number of unbranched alkanes of at least 4 members (excludes halogenated alkanes) is 7. The molecule has 0 aliphatic carbocycles. The van der Waals surface area contributed by atoms with Gasteiger partial charge in [-0.15, -0.1) is 0 Å². The van der Waals surface area contributed by atoms with Gasteiger partial charge >= 0.3 is 0 Å². The predicted molar refractivity (Wildman–Crippen MR) is 68.3 cm³/mol. The number of nitrogens with one attached hydrogen (secondary N) is 1. The van der Waals surface area contributed by atoms with Crippen molar-refractivity contribution < 1.29 is 0 Å². The van der Waals surface area contributed by atoms with Gasteiger partial charge in [0.25, 0.3) is 0 Å². The molecule has 0 saturated heterocycles. The Bertz CT molecular complexity index is 231. The molecule has 1 rings (SSSR count). The smallest absolute Gasteiger partial charge is 0.105 e. The first-order chi connectivity index (χ1) is 7.93. The Morgan fingerprint density at radius 1 is 0.938 bits per heavy atom. The first-order valence-corrected chi connectivity index (χ1v) is 6.62. The van der Waals surface area contributed by atoms with Crippen molar-refractivity contribution in [3.63, 3.8) is 0 Å². The Hall–Kier alpha value is -0.830. The number of nitrogens with zero attached hydrogens (tertiary/aromatic N) is 1. The standard InChI is InChI=1S/C13H25N3/c14-10-8-6-4-2-1-3-5-7-9-13-15-11-12-16-13/h11-12H,1-10,14H2,(H,15,16). The number of hydrogen-bond donors (Lipinski definition) is 2. The summed E-state index contributed by atoms with van der Waals surface area (Å²) in [5.74, 6) is 1.13. The van der Waals surface area contributed by atoms with Crippen LogP contribution in [0.1, 0.15) is 57.2 Å². The van der Waals surface area contributed by atoms with Gasteiger partial charge < -0.3 is 10.7 Å². The summed E-state index contributed by atoms with van der Waals surface area (Å²) in [6.07, 6.45) is 15.4. The van der Waals surface area contributed by atoms with Crippen LogP contribution in [-0.4, -0.2) is 16.5 Å². The molecule has 1 aromatic heterocycles. The van der Waals surface area contributed by atoms with Crippen LogP contribution in [0, 0.1) is 0 Å². The van der Waals surface area contributed by atoms with Crippen molar-refractivity contribution in [2.24, 2.45) is 5.73 Å². The summed E-state index contributed by atoms with van der Waals surface area (Å²) in [7, 11) is 0. The third-order valence-corrected chi connectivity index (χ3v) is 2.92. The average Bonchev–Trinajstić information content (AvgIpc) is 2.80. The SMILES string of the molecule is NCCCCCCCCCCc1ncc[nH]1. The van der Waals surface area contributed by atoms with Crippen molar-refractivity contribution in [2.75, 3.05) is 6.54 Å². The van der Waals surface area contributed by atoms with Crippen LogP contribution < -0.4 is 5.73 Å². The maximum absolute atomic E-state index is 5.45. The van der Waals surface area contributed by atoms with E-state index in [0.717, 1.165) is 18.8 Å². The third-order valence-electron chi connectivity index (χ3n) is 2.92. The molecule has 0 aliphatic heterocycles. The fourth-order valence-corrected chi connectivity index (χ4v) is 1.93. The van der Waals surface area contributed by atoms with Crippen molar-refractivity contribution in [3.05, 3.63) is 18.2 Å². The van der Waals surface area contributed by atoms with Crippen LogP contribution in [0.2, 0.25) is 0 Å². The Labute approximate surface area is 98.8 Å². The van der Waals surface area contributed by atoms with E-state index in [-0.39, 0.29) is 0 Å². The van der Waals surface area contributed by atoms with Gasteiger partial charge in [0.1, 0.15) is 5.82 Å². The Morgan fingerprint density at radius 3 is 2.12 bits per heavy atom. The van der Waals surface area contributed by atoms with Crippen LogP contribution >= 0.6 is 0 Å². The normalized spacial score (nSPS) is 10.8. The van der Waals surface area contributed by atoms with Crippen LogP contribution in [-0.2, 0) is 6.42 Å². The van der Waals surface area contributed by atoms with E-state index in [4.69, 9.17) is 5.73 Å². The van der Waals surface area contributed by atoms with E-state index in [2.05, 4.69) is 9.97 Å². The highest BCUT2D eigenvalue weighted by molar-refractivity contribution is 4.86. The topological polar surface area (TPSA) is 54.7 Å². The first kappa shape index (κ1) is 13.2. The molecule has 0 radical (unpaired) electrons. The summed E-state index contributed by atoms with van der Waals surface area (Å²) in [6.45, 7) is 0.850. The van der Waals surface area contributed by atoms with E-state index < -0.39 is 0 Å². The van der Waals surface area contributed by atoms with E-state index >= 15 is 0 Å². The number of aromatic nitrogens is 2. The molecule has 0 bridgehead atoms. The molecule has 3 nitrogen and oxygen atoms in total. The van der Waals surface area contributed by atoms with Gasteiger partial charge in [0, 0.05) is 18.8 Å². The summed E-state index contributed by atoms with van der Waals surface area (Å²) in [5.41, 5.74) is 5.45. The summed E-state index contributed by atoms with van der Waals surface area (Å²) >= 11 is 0. The van der Waals surface area contributed by atoms with Crippen LogP contribution in [0.15, 0.2) is 12.4 Å². The van der Waals surface area contributed by atoms with E-state index in [1.54, 1.807) is 0 Å². The maximum atomic E-state index is 5.45. The quantitative estimate of drug-likeness (QED) is 0.599. The monoisotopic (exact) mass is 223 g/mol. The largest absolute Gasteiger partial charge is 0.349 e. The van der Waals surface area contributed by atoms with E-state index in [0.29, 0.717) is 0 Å². The minimum absolute atomic E-state index is 0.850. The third kappa shape index (κ3) is 6.62. The number of H-pyrrole nitrogens is 1. The molecule has 0 aromatic carbocycles. The fourth-order valence-electron chi connectivity index (χ4n) is 1.93. The Balaban J connectivity index is 1.78. The zero-order chi connectivity index (χ0) is 11.5. The molecule has 0 unspecified atom stereocenters. The highest BCUT2D eigenvalue weighted by Crippen LogP contribution is 2.09. The Morgan fingerprint density at radius 2 is 1.56 bits per heavy atom. The maximum Gasteiger partial charge on any atom is 0.105 e. The van der Waals surface area contributed by atoms with Gasteiger partial charge in [-0.3, -0.25) is 0 Å². The van der Waals surface area contributed by atoms with Gasteiger partial charge in [0.15, 0.2) is 0 Å². The molecular formula is C13H25N3. The molecule has 0 atom stereocenters. The number of rotatable bonds is 10. The number of aromatic amines is 1. The lowest BCUT2D eigenvalue weighted by Gasteiger charge is -2.01. The highest BCUT2D eigenvalue weighted by atomic mass is 14.9. The highest BCUT2D eigenvalue weighted by Gasteiger charge is 1.95. The van der Waals surface area contributed by atoms with Crippen molar-refractivity contribution in [3.8, 4) is 0 Å². The van der Waals surface area contributed by atoms with Gasteiger partial charge in [-0.05, 0) is 19.4 Å². The number of nitrogens with two attached hydrogens (primary N) is 1. The minimum Gasteiger partial charge on any atom is -0.349 e. The zero-order valence-corrected chi connectivity index (χ0v) is 10.3. The van der Waals surface area contributed by atoms with Gasteiger partial charge in [0.05, 0.1) is 0 Å². The second-order valence-corrected chi connectivity index (χ2v) is 4.40. The van der Waals surface area contributed by atoms with Gasteiger partial charge in [0.2, 0.25) is 0 Å². The van der Waals surface area contributed by atoms with Crippen LogP contribution in [0.4, 0.5) is 0 Å². The molecule has 1 aromatic rings. The van der Waals surface area contributed by atoms with Crippen LogP contribution in [0.5, 0.6) is 0 Å². The molecule has 0 aliphatic rings. The van der Waals surface area contributed by atoms with Crippen molar-refractivity contribution >= 4 is 0 Å². The Kier molecular flexibility index (Phi) is 7.78. The average molecular weight is 223 g/mol. The summed E-state index contributed by atoms with van der Waals surface area (Å²) in [6, 6.07) is 0. The number of aryl methyl sites for hydroxylation is 1. The van der Waals surface area contributed by atoms with Crippen molar-refractivity contribution in [1.82, 2.24) is 9.97 Å². The number of imidazole rings is 1. The molecule has 0 amide bonds. The molecule has 3 N–H and O–H groups in total. The van der Waals surface area contributed by atoms with Crippen molar-refractivity contribution in [2.45, 2.75) is 57.8 Å². The van der Waals surface area contributed by atoms with Gasteiger partial charge in [-0.1, -0.05) is 38.5 Å². The summed E-state index contributed by atoms with van der Waals surface area (Å²) in [5, 5.41) is 0. The lowest BCUT2D eigenvalue weighted by molar-refractivity contribution is 0.567. The molecule has 3 heteroatoms. The molecular weight excluding hydrogens is 198 g/mol. The van der Waals surface area contributed by atoms with E-state index in [1.807, 2.05) is 12.4 Å². The molecule has 0 spiro atoms. The van der Waals surface area contributed by atoms with E-state index in [1.165, 1.54) is 51.4 Å². The summed E-state index contributed by atoms with van der Waals surface area (Å²) in [4.78, 5) is 7.36. The van der Waals surface area contributed by atoms with Gasteiger partial charge in [-0.2, -0.15) is 0 Å². The molecule has 16 heavy (non-hydrogen) atoms. The van der Waals surface area contributed by atoms with Crippen LogP contribution in [0.3, 0.4) is 0 Å². The second kappa shape index (κ2) is 9.40. The molecule has 1 heterocycles. The second-order valence-electron chi connectivity index (χ2n) is 4.40. The van der Waals surface area contributed by atoms with E-state index in [9.17, 15) is 0 Å². The first-order valence-electron chi connectivity index (χ1n) is 6.62. The molecule has 92 valence electrons. The summed E-state index contributed by atoms with van der Waals surface area (Å²) < 4.78 is 0. The fraction of sp³-hybridized carbons (Fsp3) is 0.769. The molecule has 0 fully saturated rings. The van der Waals surface area contributed by atoms with Gasteiger partial charge in [-0.25, -0.2) is 4.98 Å². The number of hydrogen-bond acceptors (Lipinski definition) is 2. The predicted octanol–water partition coefficient (Wildman–Crippen LogP) is 3.03. The lowest BCUT2D eigenvalue weighted by Crippen LogP contribution is -1.97. The molecule has 0 saturated carbocycles. The zero-order valence-electron chi connectivity index (χ0n) is 10.3. The minimum atomic E-state index is 0.850. The lowest BCUT2D eigenvalue weighted by atomic mass is 10.1.